The first-order valence-electron chi connectivity index (χ1n) is 5.72. The van der Waals surface area contributed by atoms with E-state index >= 15 is 0 Å². The minimum atomic E-state index is -3.81. The molecule has 2 aromatic rings. The number of ether oxygens (including phenoxy) is 2. The number of nitrogens with one attached hydrogen (secondary N) is 1. The van der Waals surface area contributed by atoms with Crippen molar-refractivity contribution in [2.45, 2.75) is 4.90 Å². The predicted octanol–water partition coefficient (Wildman–Crippen LogP) is 1.90. The Morgan fingerprint density at radius 1 is 1.10 bits per heavy atom. The van der Waals surface area contributed by atoms with Gasteiger partial charge in [0.2, 0.25) is 0 Å². The van der Waals surface area contributed by atoms with E-state index < -0.39 is 10.0 Å². The second-order valence-corrected chi connectivity index (χ2v) is 5.49. The van der Waals surface area contributed by atoms with Crippen LogP contribution in [0.1, 0.15) is 0 Å². The van der Waals surface area contributed by atoms with E-state index in [9.17, 15) is 8.42 Å². The van der Waals surface area contributed by atoms with Crippen LogP contribution in [0.4, 0.5) is 5.82 Å². The fourth-order valence-electron chi connectivity index (χ4n) is 1.61. The maximum absolute atomic E-state index is 12.4. The molecule has 6 nitrogen and oxygen atoms in total. The van der Waals surface area contributed by atoms with Crippen LogP contribution >= 0.6 is 0 Å². The zero-order valence-electron chi connectivity index (χ0n) is 11.0. The minimum absolute atomic E-state index is 0.00926. The molecule has 0 spiro atoms. The normalized spacial score (nSPS) is 10.9. The van der Waals surface area contributed by atoms with Gasteiger partial charge in [0.25, 0.3) is 10.0 Å². The summed E-state index contributed by atoms with van der Waals surface area (Å²) in [6.07, 6.45) is 1.50. The van der Waals surface area contributed by atoms with Gasteiger partial charge in [-0.1, -0.05) is 6.07 Å². The molecular weight excluding hydrogens is 280 g/mol. The molecule has 0 aliphatic carbocycles. The Bertz CT molecular complexity index is 687. The summed E-state index contributed by atoms with van der Waals surface area (Å²) in [7, 11) is -0.939. The fourth-order valence-corrected chi connectivity index (χ4v) is 2.80. The third-order valence-electron chi connectivity index (χ3n) is 2.56. The smallest absolute Gasteiger partial charge is 0.266 e. The van der Waals surface area contributed by atoms with Gasteiger partial charge in [-0.15, -0.1) is 0 Å². The van der Waals surface area contributed by atoms with Crippen molar-refractivity contribution in [2.75, 3.05) is 18.9 Å². The van der Waals surface area contributed by atoms with Crippen molar-refractivity contribution < 1.29 is 17.9 Å². The summed E-state index contributed by atoms with van der Waals surface area (Å²) >= 11 is 0. The molecule has 0 saturated carbocycles. The van der Waals surface area contributed by atoms with Gasteiger partial charge >= 0.3 is 0 Å². The fraction of sp³-hybridized carbons (Fsp3) is 0.154. The topological polar surface area (TPSA) is 77.5 Å². The van der Waals surface area contributed by atoms with Gasteiger partial charge in [0.1, 0.15) is 22.2 Å². The number of methoxy groups -OCH3 is 2. The average molecular weight is 294 g/mol. The predicted molar refractivity (Wildman–Crippen MR) is 74.6 cm³/mol. The van der Waals surface area contributed by atoms with Crippen LogP contribution in [0.2, 0.25) is 0 Å². The van der Waals surface area contributed by atoms with Crippen LogP contribution in [0.3, 0.4) is 0 Å². The molecule has 7 heteroatoms. The van der Waals surface area contributed by atoms with Gasteiger partial charge in [0.05, 0.1) is 14.2 Å². The number of rotatable bonds is 5. The molecule has 1 heterocycles. The molecule has 0 amide bonds. The number of benzene rings is 1. The Labute approximate surface area is 117 Å². The van der Waals surface area contributed by atoms with Gasteiger partial charge in [-0.05, 0) is 24.3 Å². The number of aromatic nitrogens is 1. The quantitative estimate of drug-likeness (QED) is 0.911. The molecule has 0 bridgehead atoms. The van der Waals surface area contributed by atoms with Crippen molar-refractivity contribution >= 4 is 15.8 Å². The van der Waals surface area contributed by atoms with E-state index in [4.69, 9.17) is 9.47 Å². The maximum atomic E-state index is 12.4. The van der Waals surface area contributed by atoms with E-state index in [1.807, 2.05) is 0 Å². The highest BCUT2D eigenvalue weighted by molar-refractivity contribution is 7.92. The second kappa shape index (κ2) is 5.79. The Morgan fingerprint density at radius 3 is 2.50 bits per heavy atom. The first-order chi connectivity index (χ1) is 9.56. The zero-order valence-corrected chi connectivity index (χ0v) is 11.8. The van der Waals surface area contributed by atoms with Crippen molar-refractivity contribution in [3.05, 3.63) is 42.6 Å². The van der Waals surface area contributed by atoms with E-state index in [-0.39, 0.29) is 16.5 Å². The highest BCUT2D eigenvalue weighted by atomic mass is 32.2. The summed E-state index contributed by atoms with van der Waals surface area (Å²) in [5.74, 6) is 0.888. The van der Waals surface area contributed by atoms with Crippen LogP contribution in [0.5, 0.6) is 11.5 Å². The average Bonchev–Trinajstić information content (AvgIpc) is 2.47. The second-order valence-electron chi connectivity index (χ2n) is 3.84. The standard InChI is InChI=1S/C13H14N2O4S/c1-18-10-6-7-11(19-2)12(9-10)20(16,17)15-13-5-3-4-8-14-13/h3-9H,1-2H3,(H,14,15). The summed E-state index contributed by atoms with van der Waals surface area (Å²) in [6.45, 7) is 0. The molecular formula is C13H14N2O4S. The molecule has 0 fully saturated rings. The Morgan fingerprint density at radius 2 is 1.90 bits per heavy atom. The highest BCUT2D eigenvalue weighted by Gasteiger charge is 2.21. The number of hydrogen-bond donors (Lipinski definition) is 1. The Hall–Kier alpha value is -2.28. The van der Waals surface area contributed by atoms with Gasteiger partial charge in [0.15, 0.2) is 0 Å². The maximum Gasteiger partial charge on any atom is 0.266 e. The largest absolute Gasteiger partial charge is 0.497 e. The summed E-state index contributed by atoms with van der Waals surface area (Å²) in [4.78, 5) is 3.92. The SMILES string of the molecule is COc1ccc(OC)c(S(=O)(=O)Nc2ccccn2)c1. The van der Waals surface area contributed by atoms with E-state index in [1.165, 1.54) is 32.5 Å². The van der Waals surface area contributed by atoms with E-state index in [1.54, 1.807) is 24.3 Å². The summed E-state index contributed by atoms with van der Waals surface area (Å²) in [6, 6.07) is 9.50. The lowest BCUT2D eigenvalue weighted by Gasteiger charge is -2.12. The highest BCUT2D eigenvalue weighted by Crippen LogP contribution is 2.29. The van der Waals surface area contributed by atoms with Crippen LogP contribution in [-0.2, 0) is 10.0 Å². The van der Waals surface area contributed by atoms with Crippen molar-refractivity contribution in [2.24, 2.45) is 0 Å². The molecule has 20 heavy (non-hydrogen) atoms. The third-order valence-corrected chi connectivity index (χ3v) is 3.94. The van der Waals surface area contributed by atoms with Gasteiger partial charge in [0, 0.05) is 12.3 Å². The molecule has 0 radical (unpaired) electrons. The molecule has 106 valence electrons. The molecule has 0 atom stereocenters. The number of pyridine rings is 1. The van der Waals surface area contributed by atoms with Gasteiger partial charge in [-0.2, -0.15) is 0 Å². The molecule has 0 aliphatic rings. The molecule has 2 rings (SSSR count). The first kappa shape index (κ1) is 14.1. The summed E-state index contributed by atoms with van der Waals surface area (Å²) in [5, 5.41) is 0. The Kier molecular flexibility index (Phi) is 4.09. The number of nitrogens with zero attached hydrogens (tertiary/aromatic N) is 1. The molecule has 0 saturated heterocycles. The third kappa shape index (κ3) is 3.00. The van der Waals surface area contributed by atoms with E-state index in [2.05, 4.69) is 9.71 Å². The van der Waals surface area contributed by atoms with Crippen molar-refractivity contribution in [1.29, 1.82) is 0 Å². The molecule has 1 aromatic carbocycles. The Balaban J connectivity index is 2.43. The van der Waals surface area contributed by atoms with Crippen molar-refractivity contribution in [3.63, 3.8) is 0 Å². The lowest BCUT2D eigenvalue weighted by molar-refractivity contribution is 0.392. The minimum Gasteiger partial charge on any atom is -0.497 e. The molecule has 0 unspecified atom stereocenters. The lowest BCUT2D eigenvalue weighted by Crippen LogP contribution is -2.15. The van der Waals surface area contributed by atoms with Crippen LogP contribution in [0, 0.1) is 0 Å². The molecule has 1 aromatic heterocycles. The van der Waals surface area contributed by atoms with Crippen molar-refractivity contribution in [1.82, 2.24) is 4.98 Å². The zero-order chi connectivity index (χ0) is 14.6. The number of anilines is 1. The number of hydrogen-bond acceptors (Lipinski definition) is 5. The summed E-state index contributed by atoms with van der Waals surface area (Å²) in [5.41, 5.74) is 0. The lowest BCUT2D eigenvalue weighted by atomic mass is 10.3. The van der Waals surface area contributed by atoms with E-state index in [0.717, 1.165) is 0 Å². The van der Waals surface area contributed by atoms with E-state index in [0.29, 0.717) is 5.75 Å². The first-order valence-corrected chi connectivity index (χ1v) is 7.21. The van der Waals surface area contributed by atoms with Crippen LogP contribution in [-0.4, -0.2) is 27.6 Å². The van der Waals surface area contributed by atoms with Gasteiger partial charge < -0.3 is 9.47 Å². The van der Waals surface area contributed by atoms with Gasteiger partial charge in [-0.25, -0.2) is 13.4 Å². The van der Waals surface area contributed by atoms with Crippen LogP contribution < -0.4 is 14.2 Å². The van der Waals surface area contributed by atoms with Crippen LogP contribution in [0.25, 0.3) is 0 Å². The summed E-state index contributed by atoms with van der Waals surface area (Å²) < 4.78 is 37.2. The molecule has 0 aliphatic heterocycles. The number of sulfonamides is 1. The van der Waals surface area contributed by atoms with Crippen molar-refractivity contribution in [3.8, 4) is 11.5 Å². The molecule has 1 N–H and O–H groups in total. The van der Waals surface area contributed by atoms with Gasteiger partial charge in [-0.3, -0.25) is 4.72 Å². The monoisotopic (exact) mass is 294 g/mol. The van der Waals surface area contributed by atoms with Crippen LogP contribution in [0.15, 0.2) is 47.5 Å².